The average molecular weight is 344 g/mol. The number of nitrogens with one attached hydrogen (secondary N) is 1. The van der Waals surface area contributed by atoms with Gasteiger partial charge < -0.3 is 10.4 Å². The lowest BCUT2D eigenvalue weighted by atomic mass is 10.2. The fourth-order valence-corrected chi connectivity index (χ4v) is 3.02. The number of aliphatic hydroxyl groups is 1. The van der Waals surface area contributed by atoms with E-state index < -0.39 is 0 Å². The molecular weight excluding hydrogens is 329 g/mol. The number of thioether (sulfide) groups is 1. The van der Waals surface area contributed by atoms with E-state index in [2.05, 4.69) is 29.1 Å². The van der Waals surface area contributed by atoms with Gasteiger partial charge in [0.05, 0.1) is 18.5 Å². The lowest BCUT2D eigenvalue weighted by Gasteiger charge is -2.16. The fraction of sp³-hybridized carbons (Fsp3) is 0.286. The van der Waals surface area contributed by atoms with Gasteiger partial charge in [0.25, 0.3) is 0 Å². The normalized spacial score (nSPS) is 11.0. The van der Waals surface area contributed by atoms with E-state index in [9.17, 15) is 5.11 Å². The van der Waals surface area contributed by atoms with Crippen molar-refractivity contribution >= 4 is 46.5 Å². The number of hydrogen-bond donors (Lipinski definition) is 2. The average Bonchev–Trinajstić information content (AvgIpc) is 2.44. The van der Waals surface area contributed by atoms with Crippen LogP contribution < -0.4 is 5.32 Å². The van der Waals surface area contributed by atoms with Crippen LogP contribution in [-0.2, 0) is 6.61 Å². The lowest BCUT2D eigenvalue weighted by Crippen LogP contribution is -2.01. The Balaban J connectivity index is 2.41. The number of hydrogen-bond acceptors (Lipinski definition) is 5. The first-order valence-corrected chi connectivity index (χ1v) is 7.99. The van der Waals surface area contributed by atoms with Crippen molar-refractivity contribution in [2.75, 3.05) is 5.32 Å². The highest BCUT2D eigenvalue weighted by atomic mass is 35.5. The fourth-order valence-electron chi connectivity index (χ4n) is 1.74. The van der Waals surface area contributed by atoms with Gasteiger partial charge in [-0.3, -0.25) is 0 Å². The third-order valence-corrected chi connectivity index (χ3v) is 4.24. The van der Waals surface area contributed by atoms with Gasteiger partial charge >= 0.3 is 0 Å². The van der Waals surface area contributed by atoms with Gasteiger partial charge in [-0.05, 0) is 23.2 Å². The third-order valence-electron chi connectivity index (χ3n) is 2.59. The molecule has 2 rings (SSSR count). The van der Waals surface area contributed by atoms with Crippen LogP contribution in [0.3, 0.4) is 0 Å². The predicted octanol–water partition coefficient (Wildman–Crippen LogP) is 4.52. The molecule has 21 heavy (non-hydrogen) atoms. The largest absolute Gasteiger partial charge is 0.392 e. The molecule has 7 heteroatoms. The van der Waals surface area contributed by atoms with Gasteiger partial charge in [0, 0.05) is 10.1 Å². The molecule has 0 aliphatic carbocycles. The van der Waals surface area contributed by atoms with Crippen molar-refractivity contribution in [2.45, 2.75) is 30.6 Å². The van der Waals surface area contributed by atoms with Crippen LogP contribution >= 0.6 is 35.0 Å². The minimum Gasteiger partial charge on any atom is -0.392 e. The number of benzene rings is 1. The Hall–Kier alpha value is -1.01. The van der Waals surface area contributed by atoms with E-state index in [4.69, 9.17) is 23.2 Å². The van der Waals surface area contributed by atoms with Crippen LogP contribution in [0.2, 0.25) is 10.3 Å². The van der Waals surface area contributed by atoms with E-state index in [-0.39, 0.29) is 11.9 Å². The molecule has 1 aromatic carbocycles. The van der Waals surface area contributed by atoms with E-state index >= 15 is 0 Å². The van der Waals surface area contributed by atoms with Crippen LogP contribution in [0.15, 0.2) is 29.3 Å². The molecule has 112 valence electrons. The van der Waals surface area contributed by atoms with E-state index in [0.717, 1.165) is 16.1 Å². The van der Waals surface area contributed by atoms with Crippen molar-refractivity contribution in [3.05, 3.63) is 40.3 Å². The first-order chi connectivity index (χ1) is 10.0. The molecule has 0 saturated heterocycles. The zero-order chi connectivity index (χ0) is 15.4. The molecule has 1 aromatic heterocycles. The van der Waals surface area contributed by atoms with Crippen LogP contribution in [-0.4, -0.2) is 20.3 Å². The molecular formula is C14H15Cl2N3OS. The summed E-state index contributed by atoms with van der Waals surface area (Å²) in [7, 11) is 0. The minimum absolute atomic E-state index is 0.0250. The van der Waals surface area contributed by atoms with Crippen LogP contribution in [0.25, 0.3) is 0 Å². The smallest absolute Gasteiger partial charge is 0.224 e. The second-order valence-electron chi connectivity index (χ2n) is 4.58. The van der Waals surface area contributed by atoms with Crippen molar-refractivity contribution in [3.63, 3.8) is 0 Å². The van der Waals surface area contributed by atoms with E-state index in [1.165, 1.54) is 6.20 Å². The van der Waals surface area contributed by atoms with Crippen molar-refractivity contribution in [2.24, 2.45) is 0 Å². The summed E-state index contributed by atoms with van der Waals surface area (Å²) in [4.78, 5) is 8.88. The molecule has 0 aliphatic rings. The number of aromatic nitrogens is 2. The third kappa shape index (κ3) is 4.23. The Morgan fingerprint density at radius 1 is 1.33 bits per heavy atom. The monoisotopic (exact) mass is 343 g/mol. The summed E-state index contributed by atoms with van der Waals surface area (Å²) >= 11 is 13.5. The summed E-state index contributed by atoms with van der Waals surface area (Å²) in [5.41, 5.74) is 1.69. The Bertz CT molecular complexity index is 638. The molecule has 2 aromatic rings. The van der Waals surface area contributed by atoms with Gasteiger partial charge in [0.1, 0.15) is 5.02 Å². The molecule has 0 aliphatic heterocycles. The number of halogens is 2. The number of anilines is 2. The number of aliphatic hydroxyl groups excluding tert-OH is 1. The topological polar surface area (TPSA) is 58.0 Å². The van der Waals surface area contributed by atoms with Crippen molar-refractivity contribution in [3.8, 4) is 0 Å². The van der Waals surface area contributed by atoms with Crippen LogP contribution in [0.4, 0.5) is 11.5 Å². The molecule has 1 heterocycles. The molecule has 0 radical (unpaired) electrons. The first-order valence-electron chi connectivity index (χ1n) is 6.35. The van der Waals surface area contributed by atoms with Crippen LogP contribution in [0.5, 0.6) is 0 Å². The first kappa shape index (κ1) is 16.4. The Morgan fingerprint density at radius 2 is 2.10 bits per heavy atom. The standard InChI is InChI=1S/C14H15Cl2N3OS/c1-8(2)21-12-9(7-20)4-3-5-11(12)18-13-10(15)6-17-14(16)19-13/h3-6,8,20H,7H2,1-2H3,(H,17,18,19). The Kier molecular flexibility index (Phi) is 5.70. The van der Waals surface area contributed by atoms with Gasteiger partial charge in [-0.15, -0.1) is 11.8 Å². The summed E-state index contributed by atoms with van der Waals surface area (Å²) in [5.74, 6) is 0.442. The molecule has 4 nitrogen and oxygen atoms in total. The highest BCUT2D eigenvalue weighted by Crippen LogP contribution is 2.36. The molecule has 0 saturated carbocycles. The van der Waals surface area contributed by atoms with Crippen LogP contribution in [0.1, 0.15) is 19.4 Å². The maximum atomic E-state index is 9.51. The zero-order valence-electron chi connectivity index (χ0n) is 11.6. The summed E-state index contributed by atoms with van der Waals surface area (Å²) in [6.45, 7) is 4.16. The second-order valence-corrected chi connectivity index (χ2v) is 6.91. The quantitative estimate of drug-likeness (QED) is 0.617. The van der Waals surface area contributed by atoms with Gasteiger partial charge in [0.15, 0.2) is 5.82 Å². The van der Waals surface area contributed by atoms with E-state index in [1.54, 1.807) is 11.8 Å². The van der Waals surface area contributed by atoms with Gasteiger partial charge in [0.2, 0.25) is 5.28 Å². The van der Waals surface area contributed by atoms with E-state index in [0.29, 0.717) is 16.1 Å². The van der Waals surface area contributed by atoms with E-state index in [1.807, 2.05) is 18.2 Å². The molecule has 0 fully saturated rings. The molecule has 0 spiro atoms. The maximum Gasteiger partial charge on any atom is 0.224 e. The molecule has 0 amide bonds. The number of rotatable bonds is 5. The van der Waals surface area contributed by atoms with Gasteiger partial charge in [-0.1, -0.05) is 37.6 Å². The predicted molar refractivity (Wildman–Crippen MR) is 88.7 cm³/mol. The highest BCUT2D eigenvalue weighted by Gasteiger charge is 2.13. The van der Waals surface area contributed by atoms with Crippen molar-refractivity contribution in [1.82, 2.24) is 9.97 Å². The summed E-state index contributed by atoms with van der Waals surface area (Å²) in [6.07, 6.45) is 1.45. The zero-order valence-corrected chi connectivity index (χ0v) is 13.9. The molecule has 2 N–H and O–H groups in total. The summed E-state index contributed by atoms with van der Waals surface area (Å²) < 4.78 is 0. The second kappa shape index (κ2) is 7.31. The molecule has 0 bridgehead atoms. The lowest BCUT2D eigenvalue weighted by molar-refractivity contribution is 0.279. The van der Waals surface area contributed by atoms with Crippen LogP contribution in [0, 0.1) is 0 Å². The minimum atomic E-state index is -0.0250. The highest BCUT2D eigenvalue weighted by molar-refractivity contribution is 8.00. The van der Waals surface area contributed by atoms with Gasteiger partial charge in [-0.2, -0.15) is 4.98 Å². The number of nitrogens with zero attached hydrogens (tertiary/aromatic N) is 2. The Morgan fingerprint density at radius 3 is 2.76 bits per heavy atom. The van der Waals surface area contributed by atoms with Crippen molar-refractivity contribution < 1.29 is 5.11 Å². The Labute approximate surface area is 137 Å². The van der Waals surface area contributed by atoms with Crippen molar-refractivity contribution in [1.29, 1.82) is 0 Å². The molecule has 0 atom stereocenters. The maximum absolute atomic E-state index is 9.51. The van der Waals surface area contributed by atoms with Gasteiger partial charge in [-0.25, -0.2) is 4.98 Å². The molecule has 0 unspecified atom stereocenters. The summed E-state index contributed by atoms with van der Waals surface area (Å²) in [5, 5.41) is 13.6. The summed E-state index contributed by atoms with van der Waals surface area (Å²) in [6, 6.07) is 5.68. The SMILES string of the molecule is CC(C)Sc1c(CO)cccc1Nc1nc(Cl)ncc1Cl.